The van der Waals surface area contributed by atoms with Gasteiger partial charge in [-0.05, 0) is 12.8 Å². The number of ketones is 1. The van der Waals surface area contributed by atoms with Crippen molar-refractivity contribution in [2.75, 3.05) is 0 Å². The molecular weight excluding hydrogens is 226 g/mol. The molecular formula is C11H10ClN3O. The largest absolute Gasteiger partial charge is 0.345 e. The number of carbonyl (C=O) groups excluding carboxylic acids is 1. The van der Waals surface area contributed by atoms with E-state index in [4.69, 9.17) is 11.6 Å². The summed E-state index contributed by atoms with van der Waals surface area (Å²) >= 11 is 5.99. The fourth-order valence-corrected chi connectivity index (χ4v) is 2.24. The van der Waals surface area contributed by atoms with Gasteiger partial charge in [0, 0.05) is 17.7 Å². The molecule has 82 valence electrons. The molecule has 1 aliphatic rings. The van der Waals surface area contributed by atoms with Crippen LogP contribution in [0, 0.1) is 5.92 Å². The van der Waals surface area contributed by atoms with Gasteiger partial charge in [-0.1, -0.05) is 18.0 Å². The van der Waals surface area contributed by atoms with Gasteiger partial charge in [-0.3, -0.25) is 4.79 Å². The zero-order chi connectivity index (χ0) is 11.1. The Kier molecular flexibility index (Phi) is 2.17. The minimum atomic E-state index is 0.161. The van der Waals surface area contributed by atoms with Gasteiger partial charge in [0.2, 0.25) is 0 Å². The standard InChI is InChI=1S/C11H10ClN3O/c12-10-8-7(9(16)6-2-1-3-6)4-13-11(8)15-5-14-10/h4-6H,1-3H2,(H,13,14,15). The first-order valence-electron chi connectivity index (χ1n) is 5.29. The molecule has 0 saturated heterocycles. The Morgan fingerprint density at radius 1 is 1.44 bits per heavy atom. The van der Waals surface area contributed by atoms with Gasteiger partial charge in [-0.2, -0.15) is 0 Å². The van der Waals surface area contributed by atoms with Gasteiger partial charge in [-0.25, -0.2) is 9.97 Å². The summed E-state index contributed by atoms with van der Waals surface area (Å²) in [6, 6.07) is 0. The van der Waals surface area contributed by atoms with Crippen LogP contribution < -0.4 is 0 Å². The van der Waals surface area contributed by atoms with E-state index in [0.717, 1.165) is 19.3 Å². The predicted octanol–water partition coefficient (Wildman–Crippen LogP) is 2.59. The summed E-state index contributed by atoms with van der Waals surface area (Å²) in [6.07, 6.45) is 6.18. The molecule has 0 spiro atoms. The van der Waals surface area contributed by atoms with Crippen LogP contribution in [0.4, 0.5) is 0 Å². The first kappa shape index (κ1) is 9.78. The lowest BCUT2D eigenvalue weighted by atomic mass is 9.80. The van der Waals surface area contributed by atoms with Crippen molar-refractivity contribution in [3.05, 3.63) is 23.2 Å². The molecule has 2 aromatic heterocycles. The van der Waals surface area contributed by atoms with E-state index in [1.54, 1.807) is 6.20 Å². The van der Waals surface area contributed by atoms with Crippen LogP contribution >= 0.6 is 11.6 Å². The Morgan fingerprint density at radius 2 is 2.25 bits per heavy atom. The smallest absolute Gasteiger partial charge is 0.168 e. The van der Waals surface area contributed by atoms with Gasteiger partial charge in [0.05, 0.1) is 5.39 Å². The van der Waals surface area contributed by atoms with E-state index in [2.05, 4.69) is 15.0 Å². The Bertz CT molecular complexity index is 559. The number of hydrogen-bond donors (Lipinski definition) is 1. The molecule has 0 aromatic carbocycles. The van der Waals surface area contributed by atoms with Gasteiger partial charge in [-0.15, -0.1) is 0 Å². The van der Waals surface area contributed by atoms with Gasteiger partial charge < -0.3 is 4.98 Å². The van der Waals surface area contributed by atoms with Gasteiger partial charge in [0.1, 0.15) is 17.1 Å². The lowest BCUT2D eigenvalue weighted by Gasteiger charge is -2.23. The number of nitrogens with zero attached hydrogens (tertiary/aromatic N) is 2. The highest BCUT2D eigenvalue weighted by Gasteiger charge is 2.28. The van der Waals surface area contributed by atoms with Gasteiger partial charge in [0.15, 0.2) is 5.78 Å². The molecule has 0 unspecified atom stereocenters. The second-order valence-electron chi connectivity index (χ2n) is 4.08. The van der Waals surface area contributed by atoms with Crippen LogP contribution in [-0.4, -0.2) is 20.7 Å². The third-order valence-electron chi connectivity index (χ3n) is 3.16. The van der Waals surface area contributed by atoms with Crippen molar-refractivity contribution >= 4 is 28.4 Å². The first-order valence-corrected chi connectivity index (χ1v) is 5.67. The van der Waals surface area contributed by atoms with Crippen LogP contribution in [0.25, 0.3) is 11.0 Å². The van der Waals surface area contributed by atoms with E-state index in [0.29, 0.717) is 21.7 Å². The Balaban J connectivity index is 2.12. The number of fused-ring (bicyclic) bond motifs is 1. The van der Waals surface area contributed by atoms with Crippen LogP contribution in [0.5, 0.6) is 0 Å². The summed E-state index contributed by atoms with van der Waals surface area (Å²) in [5, 5.41) is 0.995. The fourth-order valence-electron chi connectivity index (χ4n) is 2.01. The average molecular weight is 236 g/mol. The molecule has 0 radical (unpaired) electrons. The molecule has 1 fully saturated rings. The third kappa shape index (κ3) is 1.33. The van der Waals surface area contributed by atoms with Crippen molar-refractivity contribution in [3.63, 3.8) is 0 Å². The highest BCUT2D eigenvalue weighted by atomic mass is 35.5. The lowest BCUT2D eigenvalue weighted by Crippen LogP contribution is -2.21. The molecule has 5 heteroatoms. The first-order chi connectivity index (χ1) is 7.77. The molecule has 0 aliphatic heterocycles. The van der Waals surface area contributed by atoms with Crippen LogP contribution in [0.15, 0.2) is 12.5 Å². The van der Waals surface area contributed by atoms with Gasteiger partial charge >= 0.3 is 0 Å². The van der Waals surface area contributed by atoms with Crippen molar-refractivity contribution in [2.24, 2.45) is 5.92 Å². The number of Topliss-reactive ketones (excluding diaryl/α,β-unsaturated/α-hetero) is 1. The summed E-state index contributed by atoms with van der Waals surface area (Å²) in [5.41, 5.74) is 1.26. The maximum atomic E-state index is 12.1. The highest BCUT2D eigenvalue weighted by molar-refractivity contribution is 6.35. The number of halogens is 1. The summed E-state index contributed by atoms with van der Waals surface area (Å²) in [5.74, 6) is 0.324. The van der Waals surface area contributed by atoms with E-state index >= 15 is 0 Å². The summed E-state index contributed by atoms with van der Waals surface area (Å²) in [6.45, 7) is 0. The summed E-state index contributed by atoms with van der Waals surface area (Å²) in [4.78, 5) is 23.0. The highest BCUT2D eigenvalue weighted by Crippen LogP contribution is 2.33. The Hall–Kier alpha value is -1.42. The van der Waals surface area contributed by atoms with Gasteiger partial charge in [0.25, 0.3) is 0 Å². The molecule has 1 N–H and O–H groups in total. The van der Waals surface area contributed by atoms with Crippen LogP contribution in [0.2, 0.25) is 5.15 Å². The minimum Gasteiger partial charge on any atom is -0.345 e. The molecule has 3 rings (SSSR count). The summed E-state index contributed by atoms with van der Waals surface area (Å²) in [7, 11) is 0. The zero-order valence-electron chi connectivity index (χ0n) is 8.53. The number of aromatic amines is 1. The van der Waals surface area contributed by atoms with Crippen molar-refractivity contribution < 1.29 is 4.79 Å². The van der Waals surface area contributed by atoms with Crippen LogP contribution in [-0.2, 0) is 0 Å². The quantitative estimate of drug-likeness (QED) is 0.643. The van der Waals surface area contributed by atoms with E-state index in [9.17, 15) is 4.79 Å². The second kappa shape index (κ2) is 3.56. The number of hydrogen-bond acceptors (Lipinski definition) is 3. The Labute approximate surface area is 97.0 Å². The number of rotatable bonds is 2. The van der Waals surface area contributed by atoms with Crippen molar-refractivity contribution in [1.82, 2.24) is 15.0 Å². The van der Waals surface area contributed by atoms with Crippen molar-refractivity contribution in [1.29, 1.82) is 0 Å². The molecule has 0 amide bonds. The normalized spacial score (nSPS) is 16.3. The second-order valence-corrected chi connectivity index (χ2v) is 4.44. The molecule has 0 atom stereocenters. The third-order valence-corrected chi connectivity index (χ3v) is 3.45. The molecule has 4 nitrogen and oxygen atoms in total. The monoisotopic (exact) mass is 235 g/mol. The molecule has 2 aromatic rings. The topological polar surface area (TPSA) is 58.6 Å². The van der Waals surface area contributed by atoms with E-state index < -0.39 is 0 Å². The summed E-state index contributed by atoms with van der Waals surface area (Å²) < 4.78 is 0. The molecule has 0 bridgehead atoms. The minimum absolute atomic E-state index is 0.161. The van der Waals surface area contributed by atoms with E-state index in [1.165, 1.54) is 6.33 Å². The average Bonchev–Trinajstić information content (AvgIpc) is 2.60. The fraction of sp³-hybridized carbons (Fsp3) is 0.364. The van der Waals surface area contributed by atoms with E-state index in [1.807, 2.05) is 0 Å². The zero-order valence-corrected chi connectivity index (χ0v) is 9.29. The SMILES string of the molecule is O=C(c1c[nH]c2ncnc(Cl)c12)C1CCC1. The Morgan fingerprint density at radius 3 is 2.94 bits per heavy atom. The predicted molar refractivity (Wildman–Crippen MR) is 60.6 cm³/mol. The van der Waals surface area contributed by atoms with Crippen LogP contribution in [0.3, 0.4) is 0 Å². The number of carbonyl (C=O) groups is 1. The van der Waals surface area contributed by atoms with Crippen molar-refractivity contribution in [2.45, 2.75) is 19.3 Å². The maximum absolute atomic E-state index is 12.1. The molecule has 1 aliphatic carbocycles. The number of aromatic nitrogens is 3. The molecule has 1 saturated carbocycles. The number of nitrogens with one attached hydrogen (secondary N) is 1. The van der Waals surface area contributed by atoms with Crippen LogP contribution in [0.1, 0.15) is 29.6 Å². The maximum Gasteiger partial charge on any atom is 0.168 e. The molecule has 2 heterocycles. The van der Waals surface area contributed by atoms with Crippen molar-refractivity contribution in [3.8, 4) is 0 Å². The number of H-pyrrole nitrogens is 1. The molecule has 16 heavy (non-hydrogen) atoms. The lowest BCUT2D eigenvalue weighted by molar-refractivity contribution is 0.0857. The van der Waals surface area contributed by atoms with E-state index in [-0.39, 0.29) is 11.7 Å².